The molecule has 0 aliphatic carbocycles. The number of nitrogens with two attached hydrogens (primary N) is 1. The maximum atomic E-state index is 11.3. The lowest BCUT2D eigenvalue weighted by Gasteiger charge is -2.17. The minimum atomic E-state index is -0.243. The standard InChI is InChI=1S/C12H14N4O/c1-16(8-9-5-3-2-4-6-9)10-7-11(17)15-12(13)14-10/h2-7H,8H2,1H3,(H3,13,14,15,17). The molecule has 0 atom stereocenters. The second kappa shape index (κ2) is 4.69. The highest BCUT2D eigenvalue weighted by Crippen LogP contribution is 2.10. The lowest BCUT2D eigenvalue weighted by atomic mass is 10.2. The summed E-state index contributed by atoms with van der Waals surface area (Å²) in [5.41, 5.74) is 6.40. The Kier molecular flexibility index (Phi) is 3.09. The summed E-state index contributed by atoms with van der Waals surface area (Å²) in [5.74, 6) is 0.697. The topological polar surface area (TPSA) is 75.0 Å². The highest BCUT2D eigenvalue weighted by molar-refractivity contribution is 5.40. The van der Waals surface area contributed by atoms with Crippen molar-refractivity contribution < 1.29 is 0 Å². The Morgan fingerprint density at radius 1 is 1.35 bits per heavy atom. The van der Waals surface area contributed by atoms with Crippen molar-refractivity contribution in [3.05, 3.63) is 52.3 Å². The van der Waals surface area contributed by atoms with Crippen LogP contribution in [0.3, 0.4) is 0 Å². The van der Waals surface area contributed by atoms with Crippen LogP contribution in [0, 0.1) is 0 Å². The normalized spacial score (nSPS) is 10.2. The Hall–Kier alpha value is -2.30. The third-order valence-electron chi connectivity index (χ3n) is 2.40. The van der Waals surface area contributed by atoms with Gasteiger partial charge in [0.1, 0.15) is 5.82 Å². The largest absolute Gasteiger partial charge is 0.369 e. The molecule has 0 unspecified atom stereocenters. The first-order valence-corrected chi connectivity index (χ1v) is 5.27. The summed E-state index contributed by atoms with van der Waals surface area (Å²) in [7, 11) is 1.87. The predicted molar refractivity (Wildman–Crippen MR) is 67.8 cm³/mol. The highest BCUT2D eigenvalue weighted by Gasteiger charge is 2.05. The molecule has 5 nitrogen and oxygen atoms in total. The molecule has 0 radical (unpaired) electrons. The fourth-order valence-electron chi connectivity index (χ4n) is 1.60. The molecule has 0 aliphatic heterocycles. The van der Waals surface area contributed by atoms with E-state index in [4.69, 9.17) is 5.73 Å². The molecule has 1 heterocycles. The number of benzene rings is 1. The van der Waals surface area contributed by atoms with Gasteiger partial charge in [-0.2, -0.15) is 4.98 Å². The zero-order valence-corrected chi connectivity index (χ0v) is 9.55. The Bertz CT molecular complexity index is 550. The van der Waals surface area contributed by atoms with Gasteiger partial charge in [0.05, 0.1) is 0 Å². The van der Waals surface area contributed by atoms with Crippen molar-refractivity contribution >= 4 is 11.8 Å². The maximum absolute atomic E-state index is 11.3. The molecule has 1 aromatic heterocycles. The molecule has 0 fully saturated rings. The fourth-order valence-corrected chi connectivity index (χ4v) is 1.60. The van der Waals surface area contributed by atoms with Gasteiger partial charge in [-0.15, -0.1) is 0 Å². The molecule has 0 aliphatic rings. The second-order valence-electron chi connectivity index (χ2n) is 3.83. The van der Waals surface area contributed by atoms with E-state index in [1.807, 2.05) is 42.3 Å². The van der Waals surface area contributed by atoms with E-state index in [-0.39, 0.29) is 11.5 Å². The van der Waals surface area contributed by atoms with Crippen LogP contribution >= 0.6 is 0 Å². The molecule has 88 valence electrons. The number of nitrogens with zero attached hydrogens (tertiary/aromatic N) is 2. The summed E-state index contributed by atoms with van der Waals surface area (Å²) in [5, 5.41) is 0. The van der Waals surface area contributed by atoms with Crippen LogP contribution < -0.4 is 16.2 Å². The van der Waals surface area contributed by atoms with Gasteiger partial charge in [0.2, 0.25) is 5.95 Å². The van der Waals surface area contributed by atoms with Gasteiger partial charge >= 0.3 is 0 Å². The Balaban J connectivity index is 2.20. The average molecular weight is 230 g/mol. The van der Waals surface area contributed by atoms with Crippen LogP contribution in [0.4, 0.5) is 11.8 Å². The Morgan fingerprint density at radius 2 is 2.06 bits per heavy atom. The molecule has 0 saturated carbocycles. The molecule has 0 saturated heterocycles. The monoisotopic (exact) mass is 230 g/mol. The lowest BCUT2D eigenvalue weighted by Crippen LogP contribution is -2.21. The summed E-state index contributed by atoms with van der Waals surface area (Å²) >= 11 is 0. The molecule has 1 aromatic carbocycles. The zero-order chi connectivity index (χ0) is 12.3. The quantitative estimate of drug-likeness (QED) is 0.824. The number of H-pyrrole nitrogens is 1. The first kappa shape index (κ1) is 11.2. The molecule has 2 rings (SSSR count). The van der Waals surface area contributed by atoms with Gasteiger partial charge in [0.15, 0.2) is 0 Å². The zero-order valence-electron chi connectivity index (χ0n) is 9.55. The van der Waals surface area contributed by atoms with E-state index in [1.165, 1.54) is 6.07 Å². The summed E-state index contributed by atoms with van der Waals surface area (Å²) in [6, 6.07) is 11.4. The molecule has 0 amide bonds. The number of hydrogen-bond acceptors (Lipinski definition) is 4. The molecule has 3 N–H and O–H groups in total. The summed E-state index contributed by atoms with van der Waals surface area (Å²) in [6.45, 7) is 0.677. The number of hydrogen-bond donors (Lipinski definition) is 2. The van der Waals surface area contributed by atoms with Gasteiger partial charge in [-0.3, -0.25) is 9.78 Å². The predicted octanol–water partition coefficient (Wildman–Crippen LogP) is 0.988. The highest BCUT2D eigenvalue weighted by atomic mass is 16.1. The van der Waals surface area contributed by atoms with Crippen LogP contribution in [0.25, 0.3) is 0 Å². The van der Waals surface area contributed by atoms with Crippen LogP contribution in [-0.4, -0.2) is 17.0 Å². The number of aromatic amines is 1. The van der Waals surface area contributed by atoms with Gasteiger partial charge in [0, 0.05) is 19.7 Å². The van der Waals surface area contributed by atoms with Crippen molar-refractivity contribution in [2.75, 3.05) is 17.7 Å². The number of anilines is 2. The van der Waals surface area contributed by atoms with E-state index >= 15 is 0 Å². The van der Waals surface area contributed by atoms with Crippen LogP contribution in [0.1, 0.15) is 5.56 Å². The number of nitrogens with one attached hydrogen (secondary N) is 1. The first-order valence-electron chi connectivity index (χ1n) is 5.27. The van der Waals surface area contributed by atoms with Crippen molar-refractivity contribution in [3.8, 4) is 0 Å². The smallest absolute Gasteiger partial charge is 0.254 e. The molecule has 2 aromatic rings. The second-order valence-corrected chi connectivity index (χ2v) is 3.83. The van der Waals surface area contributed by atoms with Crippen LogP contribution in [0.15, 0.2) is 41.2 Å². The van der Waals surface area contributed by atoms with E-state index in [1.54, 1.807) is 0 Å². The number of rotatable bonds is 3. The van der Waals surface area contributed by atoms with E-state index in [0.29, 0.717) is 12.4 Å². The van der Waals surface area contributed by atoms with Crippen LogP contribution in [0.5, 0.6) is 0 Å². The summed E-state index contributed by atoms with van der Waals surface area (Å²) in [4.78, 5) is 19.6. The van der Waals surface area contributed by atoms with Crippen LogP contribution in [0.2, 0.25) is 0 Å². The van der Waals surface area contributed by atoms with E-state index in [0.717, 1.165) is 5.56 Å². The van der Waals surface area contributed by atoms with Crippen molar-refractivity contribution in [2.24, 2.45) is 0 Å². The minimum Gasteiger partial charge on any atom is -0.369 e. The SMILES string of the molecule is CN(Cc1ccccc1)c1cc(=O)[nH]c(N)n1. The molecule has 0 bridgehead atoms. The van der Waals surface area contributed by atoms with E-state index in [9.17, 15) is 4.79 Å². The van der Waals surface area contributed by atoms with E-state index < -0.39 is 0 Å². The van der Waals surface area contributed by atoms with Crippen molar-refractivity contribution in [2.45, 2.75) is 6.54 Å². The third kappa shape index (κ3) is 2.84. The maximum Gasteiger partial charge on any atom is 0.254 e. The van der Waals surface area contributed by atoms with Gasteiger partial charge in [-0.25, -0.2) is 0 Å². The van der Waals surface area contributed by atoms with Gasteiger partial charge in [0.25, 0.3) is 5.56 Å². The summed E-state index contributed by atoms with van der Waals surface area (Å²) in [6.07, 6.45) is 0. The van der Waals surface area contributed by atoms with Gasteiger partial charge in [-0.1, -0.05) is 30.3 Å². The molecule has 0 spiro atoms. The number of nitrogen functional groups attached to an aromatic ring is 1. The molecule has 5 heteroatoms. The van der Waals surface area contributed by atoms with Crippen molar-refractivity contribution in [1.29, 1.82) is 0 Å². The summed E-state index contributed by atoms with van der Waals surface area (Å²) < 4.78 is 0. The lowest BCUT2D eigenvalue weighted by molar-refractivity contribution is 0.890. The van der Waals surface area contributed by atoms with Gasteiger partial charge < -0.3 is 10.6 Å². The fraction of sp³-hybridized carbons (Fsp3) is 0.167. The average Bonchev–Trinajstić information content (AvgIpc) is 2.29. The van der Waals surface area contributed by atoms with Crippen molar-refractivity contribution in [3.63, 3.8) is 0 Å². The number of aromatic nitrogens is 2. The van der Waals surface area contributed by atoms with Crippen molar-refractivity contribution in [1.82, 2.24) is 9.97 Å². The minimum absolute atomic E-state index is 0.132. The Morgan fingerprint density at radius 3 is 2.71 bits per heavy atom. The molecular weight excluding hydrogens is 216 g/mol. The van der Waals surface area contributed by atoms with E-state index in [2.05, 4.69) is 9.97 Å². The van der Waals surface area contributed by atoms with Gasteiger partial charge in [-0.05, 0) is 5.56 Å². The van der Waals surface area contributed by atoms with Crippen LogP contribution in [-0.2, 0) is 6.54 Å². The third-order valence-corrected chi connectivity index (χ3v) is 2.40. The molecule has 17 heavy (non-hydrogen) atoms. The molecular formula is C12H14N4O. The Labute approximate surface area is 98.9 Å². The first-order chi connectivity index (χ1) is 8.15.